The Kier molecular flexibility index (Phi) is 4.14. The van der Waals surface area contributed by atoms with Crippen molar-refractivity contribution in [2.75, 3.05) is 0 Å². The molecule has 0 saturated heterocycles. The molecule has 0 saturated carbocycles. The van der Waals surface area contributed by atoms with Crippen LogP contribution in [0.3, 0.4) is 0 Å². The molecule has 2 rings (SSSR count). The van der Waals surface area contributed by atoms with Crippen molar-refractivity contribution in [1.29, 1.82) is 0 Å². The summed E-state index contributed by atoms with van der Waals surface area (Å²) >= 11 is 0. The van der Waals surface area contributed by atoms with Gasteiger partial charge in [0.25, 0.3) is 0 Å². The quantitative estimate of drug-likeness (QED) is 0.700. The molecule has 2 aromatic carbocycles. The highest BCUT2D eigenvalue weighted by Crippen LogP contribution is 2.22. The molecule has 0 fully saturated rings. The Morgan fingerprint density at radius 3 is 2.39 bits per heavy atom. The molecule has 1 heteroatoms. The number of carbonyl (C=O) groups excluding carboxylic acids is 1. The standard InChI is InChI=1S/C17H20O/c1-3-5-13-7-8-15-11-17(12-18)14(6-4-2)10-16(15)9-13/h7-12H,3-6H2,1-2H3. The molecule has 94 valence electrons. The lowest BCUT2D eigenvalue weighted by Crippen LogP contribution is -1.93. The second-order valence-electron chi connectivity index (χ2n) is 4.85. The van der Waals surface area contributed by atoms with E-state index in [1.54, 1.807) is 0 Å². The highest BCUT2D eigenvalue weighted by molar-refractivity contribution is 5.91. The van der Waals surface area contributed by atoms with E-state index in [2.05, 4.69) is 38.1 Å². The van der Waals surface area contributed by atoms with Crippen LogP contribution >= 0.6 is 0 Å². The molecular weight excluding hydrogens is 220 g/mol. The third kappa shape index (κ3) is 2.61. The first kappa shape index (κ1) is 12.8. The average Bonchev–Trinajstić information content (AvgIpc) is 2.38. The van der Waals surface area contributed by atoms with Gasteiger partial charge in [0, 0.05) is 5.56 Å². The van der Waals surface area contributed by atoms with E-state index < -0.39 is 0 Å². The summed E-state index contributed by atoms with van der Waals surface area (Å²) in [7, 11) is 0. The first-order chi connectivity index (χ1) is 8.78. The van der Waals surface area contributed by atoms with Crippen LogP contribution in [0.1, 0.15) is 48.2 Å². The highest BCUT2D eigenvalue weighted by Gasteiger charge is 2.04. The summed E-state index contributed by atoms with van der Waals surface area (Å²) in [5.74, 6) is 0. The predicted molar refractivity (Wildman–Crippen MR) is 77.3 cm³/mol. The zero-order valence-electron chi connectivity index (χ0n) is 11.2. The van der Waals surface area contributed by atoms with Gasteiger partial charge in [-0.05, 0) is 40.8 Å². The van der Waals surface area contributed by atoms with Crippen molar-refractivity contribution >= 4 is 17.1 Å². The van der Waals surface area contributed by atoms with Gasteiger partial charge < -0.3 is 0 Å². The lowest BCUT2D eigenvalue weighted by molar-refractivity contribution is 0.112. The van der Waals surface area contributed by atoms with E-state index in [4.69, 9.17) is 0 Å². The van der Waals surface area contributed by atoms with Gasteiger partial charge in [0.1, 0.15) is 6.29 Å². The van der Waals surface area contributed by atoms with Crippen molar-refractivity contribution in [2.45, 2.75) is 39.5 Å². The van der Waals surface area contributed by atoms with Crippen molar-refractivity contribution in [2.24, 2.45) is 0 Å². The van der Waals surface area contributed by atoms with E-state index in [1.165, 1.54) is 22.9 Å². The highest BCUT2D eigenvalue weighted by atomic mass is 16.1. The molecule has 2 aromatic rings. The van der Waals surface area contributed by atoms with Crippen molar-refractivity contribution in [3.05, 3.63) is 47.0 Å². The molecule has 0 unspecified atom stereocenters. The zero-order valence-corrected chi connectivity index (χ0v) is 11.2. The minimum Gasteiger partial charge on any atom is -0.298 e. The topological polar surface area (TPSA) is 17.1 Å². The normalized spacial score (nSPS) is 10.8. The van der Waals surface area contributed by atoms with Gasteiger partial charge in [-0.25, -0.2) is 0 Å². The van der Waals surface area contributed by atoms with Crippen molar-refractivity contribution in [1.82, 2.24) is 0 Å². The molecule has 0 heterocycles. The lowest BCUT2D eigenvalue weighted by Gasteiger charge is -2.08. The summed E-state index contributed by atoms with van der Waals surface area (Å²) in [5, 5.41) is 2.42. The van der Waals surface area contributed by atoms with Crippen molar-refractivity contribution in [3.63, 3.8) is 0 Å². The van der Waals surface area contributed by atoms with Gasteiger partial charge in [-0.3, -0.25) is 4.79 Å². The number of fused-ring (bicyclic) bond motifs is 1. The molecule has 0 amide bonds. The van der Waals surface area contributed by atoms with E-state index in [0.717, 1.165) is 36.5 Å². The first-order valence-electron chi connectivity index (χ1n) is 6.79. The Balaban J connectivity index is 2.53. The Morgan fingerprint density at radius 1 is 0.944 bits per heavy atom. The Bertz CT molecular complexity index is 555. The summed E-state index contributed by atoms with van der Waals surface area (Å²) in [6.07, 6.45) is 5.31. The molecule has 0 N–H and O–H groups in total. The molecule has 1 nitrogen and oxygen atoms in total. The van der Waals surface area contributed by atoms with Crippen LogP contribution in [-0.2, 0) is 12.8 Å². The van der Waals surface area contributed by atoms with E-state index in [9.17, 15) is 4.79 Å². The Labute approximate surface area is 109 Å². The van der Waals surface area contributed by atoms with Crippen LogP contribution in [0, 0.1) is 0 Å². The molecule has 0 aliphatic rings. The maximum Gasteiger partial charge on any atom is 0.150 e. The summed E-state index contributed by atoms with van der Waals surface area (Å²) < 4.78 is 0. The third-order valence-electron chi connectivity index (χ3n) is 3.35. The van der Waals surface area contributed by atoms with Crippen LogP contribution < -0.4 is 0 Å². The molecule has 0 bridgehead atoms. The molecule has 0 atom stereocenters. The predicted octanol–water partition coefficient (Wildman–Crippen LogP) is 4.56. The van der Waals surface area contributed by atoms with E-state index in [-0.39, 0.29) is 0 Å². The van der Waals surface area contributed by atoms with Gasteiger partial charge in [-0.15, -0.1) is 0 Å². The molecule has 18 heavy (non-hydrogen) atoms. The van der Waals surface area contributed by atoms with Gasteiger partial charge in [-0.1, -0.05) is 51.0 Å². The molecule has 0 aliphatic heterocycles. The second kappa shape index (κ2) is 5.81. The summed E-state index contributed by atoms with van der Waals surface area (Å²) in [6, 6.07) is 10.8. The van der Waals surface area contributed by atoms with Gasteiger partial charge >= 0.3 is 0 Å². The second-order valence-corrected chi connectivity index (χ2v) is 4.85. The number of hydrogen-bond donors (Lipinski definition) is 0. The summed E-state index contributed by atoms with van der Waals surface area (Å²) in [4.78, 5) is 11.1. The van der Waals surface area contributed by atoms with E-state index >= 15 is 0 Å². The fourth-order valence-electron chi connectivity index (χ4n) is 2.45. The molecule has 0 aromatic heterocycles. The lowest BCUT2D eigenvalue weighted by atomic mass is 9.96. The first-order valence-corrected chi connectivity index (χ1v) is 6.79. The number of aryl methyl sites for hydroxylation is 2. The van der Waals surface area contributed by atoms with Crippen LogP contribution in [0.25, 0.3) is 10.8 Å². The van der Waals surface area contributed by atoms with Crippen molar-refractivity contribution < 1.29 is 4.79 Å². The van der Waals surface area contributed by atoms with E-state index in [1.807, 2.05) is 6.07 Å². The monoisotopic (exact) mass is 240 g/mol. The van der Waals surface area contributed by atoms with Crippen LogP contribution in [0.5, 0.6) is 0 Å². The van der Waals surface area contributed by atoms with E-state index in [0.29, 0.717) is 0 Å². The smallest absolute Gasteiger partial charge is 0.150 e. The molecule has 0 spiro atoms. The molecule has 0 radical (unpaired) electrons. The zero-order chi connectivity index (χ0) is 13.0. The molecule has 0 aliphatic carbocycles. The van der Waals surface area contributed by atoms with Crippen molar-refractivity contribution in [3.8, 4) is 0 Å². The Hall–Kier alpha value is -1.63. The maximum atomic E-state index is 11.1. The van der Waals surface area contributed by atoms with Crippen LogP contribution in [0.15, 0.2) is 30.3 Å². The summed E-state index contributed by atoms with van der Waals surface area (Å²) in [6.45, 7) is 4.34. The minimum absolute atomic E-state index is 0.840. The largest absolute Gasteiger partial charge is 0.298 e. The number of benzene rings is 2. The third-order valence-corrected chi connectivity index (χ3v) is 3.35. The number of aldehydes is 1. The van der Waals surface area contributed by atoms with Crippen LogP contribution in [-0.4, -0.2) is 6.29 Å². The number of carbonyl (C=O) groups is 1. The number of hydrogen-bond acceptors (Lipinski definition) is 1. The SMILES string of the molecule is CCCc1ccc2cc(C=O)c(CCC)cc2c1. The van der Waals surface area contributed by atoms with Gasteiger partial charge in [0.15, 0.2) is 0 Å². The minimum atomic E-state index is 0.840. The van der Waals surface area contributed by atoms with Crippen LogP contribution in [0.2, 0.25) is 0 Å². The summed E-state index contributed by atoms with van der Waals surface area (Å²) in [5.41, 5.74) is 3.40. The number of rotatable bonds is 5. The Morgan fingerprint density at radius 2 is 1.72 bits per heavy atom. The molecular formula is C17H20O. The van der Waals surface area contributed by atoms with Gasteiger partial charge in [-0.2, -0.15) is 0 Å². The van der Waals surface area contributed by atoms with Gasteiger partial charge in [0.2, 0.25) is 0 Å². The fraction of sp³-hybridized carbons (Fsp3) is 0.353. The van der Waals surface area contributed by atoms with Crippen LogP contribution in [0.4, 0.5) is 0 Å². The average molecular weight is 240 g/mol. The van der Waals surface area contributed by atoms with Gasteiger partial charge in [0.05, 0.1) is 0 Å². The maximum absolute atomic E-state index is 11.1. The fourth-order valence-corrected chi connectivity index (χ4v) is 2.45.